The molecule has 0 unspecified atom stereocenters. The molecule has 1 amide bonds. The van der Waals surface area contributed by atoms with Gasteiger partial charge in [0.05, 0.1) is 16.8 Å². The van der Waals surface area contributed by atoms with Gasteiger partial charge in [-0.15, -0.1) is 0 Å². The van der Waals surface area contributed by atoms with Crippen molar-refractivity contribution < 1.29 is 13.7 Å². The zero-order valence-corrected chi connectivity index (χ0v) is 15.6. The molecule has 2 aliphatic heterocycles. The molecule has 130 valence electrons. The number of aryl methyl sites for hydroxylation is 1. The van der Waals surface area contributed by atoms with E-state index in [1.165, 1.54) is 0 Å². The van der Waals surface area contributed by atoms with Crippen LogP contribution in [-0.4, -0.2) is 32.9 Å². The molecule has 5 heteroatoms. The van der Waals surface area contributed by atoms with Gasteiger partial charge in [-0.1, -0.05) is 17.7 Å². The van der Waals surface area contributed by atoms with Crippen LogP contribution >= 0.6 is 0 Å². The normalized spacial score (nSPS) is 24.5. The summed E-state index contributed by atoms with van der Waals surface area (Å²) in [5.41, 5.74) is 0.662. The highest BCUT2D eigenvalue weighted by Gasteiger charge is 2.42. The molecule has 0 radical (unpaired) electrons. The summed E-state index contributed by atoms with van der Waals surface area (Å²) in [4.78, 5) is 16.1. The molecule has 1 fully saturated rings. The number of fused-ring (bicyclic) bond motifs is 2. The number of ether oxygens (including phenoxy) is 1. The van der Waals surface area contributed by atoms with E-state index in [2.05, 4.69) is 0 Å². The second-order valence-electron chi connectivity index (χ2n) is 7.61. The van der Waals surface area contributed by atoms with Crippen LogP contribution in [-0.2, 0) is 15.5 Å². The van der Waals surface area contributed by atoms with Crippen molar-refractivity contribution in [3.05, 3.63) is 40.8 Å². The van der Waals surface area contributed by atoms with E-state index in [-0.39, 0.29) is 18.2 Å². The number of benzene rings is 1. The first-order valence-electron chi connectivity index (χ1n) is 8.45. The van der Waals surface area contributed by atoms with Gasteiger partial charge in [-0.3, -0.25) is 4.90 Å². The fraction of sp³-hybridized carbons (Fsp3) is 0.526. The van der Waals surface area contributed by atoms with Gasteiger partial charge in [0, 0.05) is 22.3 Å². The van der Waals surface area contributed by atoms with E-state index < -0.39 is 16.4 Å². The maximum absolute atomic E-state index is 12.8. The standard InChI is InChI=1S/C19H25NO3S/c1-13-5-9-16(10-6-13)24(22)17-11-14-7-8-15(12-17)20(14)18(21)23-19(2,3)4/h5-6,9-11,14-15H,7-8,12H2,1-4H3/t14-,15+,24+/m1/s1. The molecular weight excluding hydrogens is 322 g/mol. The summed E-state index contributed by atoms with van der Waals surface area (Å²) < 4.78 is 18.4. The monoisotopic (exact) mass is 347 g/mol. The Morgan fingerprint density at radius 2 is 1.88 bits per heavy atom. The van der Waals surface area contributed by atoms with Gasteiger partial charge in [-0.05, 0) is 58.7 Å². The minimum atomic E-state index is -1.14. The first-order valence-corrected chi connectivity index (χ1v) is 9.60. The van der Waals surface area contributed by atoms with Crippen LogP contribution in [0.1, 0.15) is 45.6 Å². The van der Waals surface area contributed by atoms with Gasteiger partial charge in [0.1, 0.15) is 5.60 Å². The molecule has 24 heavy (non-hydrogen) atoms. The Bertz CT molecular complexity index is 688. The number of carbonyl (C=O) groups is 1. The maximum Gasteiger partial charge on any atom is 0.411 e. The first-order chi connectivity index (χ1) is 11.2. The third-order valence-corrected chi connectivity index (χ3v) is 5.92. The number of carbonyl (C=O) groups excluding carboxylic acids is 1. The van der Waals surface area contributed by atoms with Crippen LogP contribution < -0.4 is 0 Å². The zero-order chi connectivity index (χ0) is 17.5. The molecule has 0 aliphatic carbocycles. The van der Waals surface area contributed by atoms with Crippen LogP contribution in [0.15, 0.2) is 40.1 Å². The molecule has 4 nitrogen and oxygen atoms in total. The van der Waals surface area contributed by atoms with Gasteiger partial charge in [0.15, 0.2) is 0 Å². The van der Waals surface area contributed by atoms with Crippen LogP contribution in [0, 0.1) is 6.92 Å². The largest absolute Gasteiger partial charge is 0.444 e. The summed E-state index contributed by atoms with van der Waals surface area (Å²) in [6, 6.07) is 7.92. The lowest BCUT2D eigenvalue weighted by Crippen LogP contribution is -2.46. The molecule has 2 heterocycles. The number of amides is 1. The average molecular weight is 347 g/mol. The minimum absolute atomic E-state index is 0.00278. The Kier molecular flexibility index (Phi) is 4.56. The summed E-state index contributed by atoms with van der Waals surface area (Å²) in [5, 5.41) is 0. The number of hydrogen-bond acceptors (Lipinski definition) is 3. The molecule has 0 spiro atoms. The van der Waals surface area contributed by atoms with Crippen LogP contribution in [0.4, 0.5) is 4.79 Å². The minimum Gasteiger partial charge on any atom is -0.444 e. The van der Waals surface area contributed by atoms with Crippen molar-refractivity contribution in [1.82, 2.24) is 4.90 Å². The van der Waals surface area contributed by atoms with E-state index in [0.29, 0.717) is 6.42 Å². The molecule has 0 aromatic heterocycles. The highest BCUT2D eigenvalue weighted by Crippen LogP contribution is 2.38. The van der Waals surface area contributed by atoms with Crippen molar-refractivity contribution >= 4 is 16.9 Å². The van der Waals surface area contributed by atoms with Crippen molar-refractivity contribution in [1.29, 1.82) is 0 Å². The van der Waals surface area contributed by atoms with E-state index in [4.69, 9.17) is 4.74 Å². The van der Waals surface area contributed by atoms with Crippen molar-refractivity contribution in [2.45, 2.75) is 69.5 Å². The molecule has 0 N–H and O–H groups in total. The lowest BCUT2D eigenvalue weighted by molar-refractivity contribution is 0.0170. The second kappa shape index (κ2) is 6.36. The van der Waals surface area contributed by atoms with Crippen molar-refractivity contribution in [3.8, 4) is 0 Å². The summed E-state index contributed by atoms with van der Waals surface area (Å²) in [6.45, 7) is 7.66. The Hall–Kier alpha value is -1.62. The van der Waals surface area contributed by atoms with Gasteiger partial charge in [0.2, 0.25) is 0 Å². The van der Waals surface area contributed by atoms with Crippen molar-refractivity contribution in [3.63, 3.8) is 0 Å². The fourth-order valence-corrected chi connectivity index (χ4v) is 4.65. The van der Waals surface area contributed by atoms with Gasteiger partial charge in [-0.25, -0.2) is 9.00 Å². The quantitative estimate of drug-likeness (QED) is 0.807. The SMILES string of the molecule is Cc1ccc([S@](=O)C2=C[C@H]3CC[C@@H](C2)N3C(=O)OC(C)(C)C)cc1. The molecule has 2 aliphatic rings. The number of hydrogen-bond donors (Lipinski definition) is 0. The highest BCUT2D eigenvalue weighted by molar-refractivity contribution is 7.89. The molecule has 1 aromatic carbocycles. The number of nitrogens with zero attached hydrogens (tertiary/aromatic N) is 1. The maximum atomic E-state index is 12.8. The summed E-state index contributed by atoms with van der Waals surface area (Å²) in [6.07, 6.45) is 4.28. The molecule has 3 rings (SSSR count). The van der Waals surface area contributed by atoms with Crippen molar-refractivity contribution in [2.75, 3.05) is 0 Å². The lowest BCUT2D eigenvalue weighted by Gasteiger charge is -2.35. The van der Waals surface area contributed by atoms with Crippen LogP contribution in [0.3, 0.4) is 0 Å². The van der Waals surface area contributed by atoms with Crippen LogP contribution in [0.2, 0.25) is 0 Å². The fourth-order valence-electron chi connectivity index (χ4n) is 3.34. The zero-order valence-electron chi connectivity index (χ0n) is 14.7. The van der Waals surface area contributed by atoms with E-state index in [9.17, 15) is 9.00 Å². The Labute approximate surface area is 146 Å². The predicted octanol–water partition coefficient (Wildman–Crippen LogP) is 4.16. The van der Waals surface area contributed by atoms with Gasteiger partial charge in [0.25, 0.3) is 0 Å². The van der Waals surface area contributed by atoms with Gasteiger partial charge < -0.3 is 4.74 Å². The smallest absolute Gasteiger partial charge is 0.411 e. The summed E-state index contributed by atoms with van der Waals surface area (Å²) in [7, 11) is -1.14. The van der Waals surface area contributed by atoms with Crippen LogP contribution in [0.5, 0.6) is 0 Å². The van der Waals surface area contributed by atoms with E-state index in [0.717, 1.165) is 28.2 Å². The first kappa shape index (κ1) is 17.2. The molecule has 1 saturated heterocycles. The average Bonchev–Trinajstić information content (AvgIpc) is 2.76. The molecule has 2 bridgehead atoms. The van der Waals surface area contributed by atoms with Crippen LogP contribution in [0.25, 0.3) is 0 Å². The van der Waals surface area contributed by atoms with Gasteiger partial charge in [-0.2, -0.15) is 0 Å². The Morgan fingerprint density at radius 1 is 1.21 bits per heavy atom. The number of rotatable bonds is 2. The third-order valence-electron chi connectivity index (χ3n) is 4.44. The highest BCUT2D eigenvalue weighted by atomic mass is 32.2. The lowest BCUT2D eigenvalue weighted by atomic mass is 10.1. The molecule has 0 saturated carbocycles. The molecule has 1 aromatic rings. The topological polar surface area (TPSA) is 46.6 Å². The Balaban J connectivity index is 1.78. The summed E-state index contributed by atoms with van der Waals surface area (Å²) in [5.74, 6) is 0. The van der Waals surface area contributed by atoms with Gasteiger partial charge >= 0.3 is 6.09 Å². The molecule has 3 atom stereocenters. The summed E-state index contributed by atoms with van der Waals surface area (Å²) >= 11 is 0. The van der Waals surface area contributed by atoms with E-state index in [1.807, 2.05) is 62.9 Å². The Morgan fingerprint density at radius 3 is 2.46 bits per heavy atom. The van der Waals surface area contributed by atoms with E-state index in [1.54, 1.807) is 0 Å². The predicted molar refractivity (Wildman–Crippen MR) is 95.2 cm³/mol. The van der Waals surface area contributed by atoms with E-state index >= 15 is 0 Å². The van der Waals surface area contributed by atoms with Crippen molar-refractivity contribution in [2.24, 2.45) is 0 Å². The molecular formula is C19H25NO3S. The second-order valence-corrected chi connectivity index (χ2v) is 9.14. The third kappa shape index (κ3) is 3.56.